The molecule has 2 rings (SSSR count). The van der Waals surface area contributed by atoms with Gasteiger partial charge in [0.1, 0.15) is 11.8 Å². The van der Waals surface area contributed by atoms with Gasteiger partial charge in [-0.05, 0) is 37.3 Å². The van der Waals surface area contributed by atoms with Crippen LogP contribution in [0.2, 0.25) is 5.02 Å². The van der Waals surface area contributed by atoms with Crippen molar-refractivity contribution in [2.45, 2.75) is 13.0 Å². The topological polar surface area (TPSA) is 41.6 Å². The minimum absolute atomic E-state index is 0.0295. The van der Waals surface area contributed by atoms with Crippen LogP contribution < -0.4 is 15.0 Å². The minimum atomic E-state index is -0.380. The number of hydrogen-bond acceptors (Lipinski definition) is 3. The number of nitrogens with zero attached hydrogens (tertiary/aromatic N) is 1. The molecule has 0 unspecified atom stereocenters. The van der Waals surface area contributed by atoms with Gasteiger partial charge in [0.15, 0.2) is 0 Å². The highest BCUT2D eigenvalue weighted by molar-refractivity contribution is 6.32. The Labute approximate surface area is 135 Å². The van der Waals surface area contributed by atoms with Crippen molar-refractivity contribution in [3.05, 3.63) is 53.6 Å². The number of benzene rings is 2. The Morgan fingerprint density at radius 3 is 2.50 bits per heavy atom. The van der Waals surface area contributed by atoms with Gasteiger partial charge in [0.2, 0.25) is 5.91 Å². The quantitative estimate of drug-likeness (QED) is 0.911. The monoisotopic (exact) mass is 318 g/mol. The summed E-state index contributed by atoms with van der Waals surface area (Å²) in [6, 6.07) is 14.5. The maximum absolute atomic E-state index is 12.5. The van der Waals surface area contributed by atoms with Crippen LogP contribution in [0.15, 0.2) is 48.5 Å². The Bertz CT molecular complexity index is 646. The highest BCUT2D eigenvalue weighted by Gasteiger charge is 2.18. The Balaban J connectivity index is 2.07. The summed E-state index contributed by atoms with van der Waals surface area (Å²) in [6.45, 7) is 1.82. The molecule has 0 spiro atoms. The molecule has 0 bridgehead atoms. The predicted molar refractivity (Wildman–Crippen MR) is 90.9 cm³/mol. The zero-order valence-corrected chi connectivity index (χ0v) is 13.6. The molecule has 0 saturated heterocycles. The molecule has 0 aliphatic rings. The molecule has 4 nitrogen and oxygen atoms in total. The number of hydrogen-bond donors (Lipinski definition) is 1. The van der Waals surface area contributed by atoms with Crippen molar-refractivity contribution in [1.82, 2.24) is 0 Å². The van der Waals surface area contributed by atoms with E-state index in [9.17, 15) is 4.79 Å². The number of halogens is 1. The van der Waals surface area contributed by atoms with Crippen molar-refractivity contribution in [3.63, 3.8) is 0 Å². The second-order valence-electron chi connectivity index (χ2n) is 4.95. The van der Waals surface area contributed by atoms with Crippen molar-refractivity contribution < 1.29 is 9.53 Å². The lowest BCUT2D eigenvalue weighted by Gasteiger charge is -2.23. The largest absolute Gasteiger partial charge is 0.495 e. The highest BCUT2D eigenvalue weighted by Crippen LogP contribution is 2.27. The average molecular weight is 319 g/mol. The molecule has 2 aromatic carbocycles. The second-order valence-corrected chi connectivity index (χ2v) is 5.36. The molecule has 0 aliphatic carbocycles. The fourth-order valence-electron chi connectivity index (χ4n) is 2.14. The summed E-state index contributed by atoms with van der Waals surface area (Å²) in [5.41, 5.74) is 1.63. The van der Waals surface area contributed by atoms with Crippen LogP contribution in [0, 0.1) is 0 Å². The van der Waals surface area contributed by atoms with Crippen LogP contribution in [-0.2, 0) is 4.79 Å². The number of amides is 1. The molecule has 0 fully saturated rings. The van der Waals surface area contributed by atoms with Crippen LogP contribution in [0.25, 0.3) is 0 Å². The number of rotatable bonds is 5. The summed E-state index contributed by atoms with van der Waals surface area (Å²) in [4.78, 5) is 14.1. The number of anilines is 2. The Morgan fingerprint density at radius 2 is 1.91 bits per heavy atom. The molecular weight excluding hydrogens is 300 g/mol. The summed E-state index contributed by atoms with van der Waals surface area (Å²) in [6.07, 6.45) is 0. The van der Waals surface area contributed by atoms with Crippen LogP contribution in [0.1, 0.15) is 6.92 Å². The molecule has 1 N–H and O–H groups in total. The van der Waals surface area contributed by atoms with Crippen LogP contribution in [-0.4, -0.2) is 26.1 Å². The first-order chi connectivity index (χ1) is 10.5. The Morgan fingerprint density at radius 1 is 1.23 bits per heavy atom. The highest BCUT2D eigenvalue weighted by atomic mass is 35.5. The van der Waals surface area contributed by atoms with Gasteiger partial charge in [-0.3, -0.25) is 4.79 Å². The van der Waals surface area contributed by atoms with Crippen molar-refractivity contribution in [2.24, 2.45) is 0 Å². The van der Waals surface area contributed by atoms with Crippen LogP contribution in [0.3, 0.4) is 0 Å². The van der Waals surface area contributed by atoms with Gasteiger partial charge >= 0.3 is 0 Å². The fourth-order valence-corrected chi connectivity index (χ4v) is 2.39. The molecule has 0 aromatic heterocycles. The van der Waals surface area contributed by atoms with Crippen LogP contribution in [0.4, 0.5) is 11.4 Å². The lowest BCUT2D eigenvalue weighted by Crippen LogP contribution is -2.39. The van der Waals surface area contributed by atoms with Gasteiger partial charge in [-0.15, -0.1) is 0 Å². The number of ether oxygens (including phenoxy) is 1. The van der Waals surface area contributed by atoms with E-state index in [4.69, 9.17) is 16.3 Å². The third-order valence-corrected chi connectivity index (χ3v) is 3.67. The summed E-state index contributed by atoms with van der Waals surface area (Å²) in [5.74, 6) is 0.575. The number of carbonyl (C=O) groups excluding carboxylic acids is 1. The standard InChI is InChI=1S/C17H19ClN2O2/c1-12(17(21)20(2)14-7-5-4-6-8-14)19-13-9-10-16(22-3)15(18)11-13/h4-12,19H,1-3H3/t12-/m1/s1. The first kappa shape index (κ1) is 16.2. The molecule has 1 amide bonds. The Kier molecular flexibility index (Phi) is 5.28. The fraction of sp³-hybridized carbons (Fsp3) is 0.235. The van der Waals surface area contributed by atoms with Gasteiger partial charge < -0.3 is 15.0 Å². The number of para-hydroxylation sites is 1. The summed E-state index contributed by atoms with van der Waals surface area (Å²) >= 11 is 6.09. The van der Waals surface area contributed by atoms with Gasteiger partial charge in [-0.25, -0.2) is 0 Å². The van der Waals surface area contributed by atoms with Crippen molar-refractivity contribution in [1.29, 1.82) is 0 Å². The number of methoxy groups -OCH3 is 1. The second kappa shape index (κ2) is 7.18. The third kappa shape index (κ3) is 3.71. The predicted octanol–water partition coefficient (Wildman–Crippen LogP) is 3.81. The molecular formula is C17H19ClN2O2. The number of carbonyl (C=O) groups is 1. The van der Waals surface area contributed by atoms with Gasteiger partial charge in [-0.1, -0.05) is 29.8 Å². The SMILES string of the molecule is COc1ccc(N[C@H](C)C(=O)N(C)c2ccccc2)cc1Cl. The maximum atomic E-state index is 12.5. The van der Waals surface area contributed by atoms with E-state index in [2.05, 4.69) is 5.32 Å². The summed E-state index contributed by atoms with van der Waals surface area (Å²) < 4.78 is 5.11. The smallest absolute Gasteiger partial charge is 0.248 e. The molecule has 22 heavy (non-hydrogen) atoms. The van der Waals surface area contributed by atoms with E-state index in [1.807, 2.05) is 43.3 Å². The van der Waals surface area contributed by atoms with Crippen molar-refractivity contribution >= 4 is 28.9 Å². The first-order valence-electron chi connectivity index (χ1n) is 6.95. The Hall–Kier alpha value is -2.20. The van der Waals surface area contributed by atoms with E-state index >= 15 is 0 Å². The maximum Gasteiger partial charge on any atom is 0.248 e. The zero-order chi connectivity index (χ0) is 16.1. The van der Waals surface area contributed by atoms with Gasteiger partial charge in [0, 0.05) is 18.4 Å². The molecule has 0 saturated carbocycles. The van der Waals surface area contributed by atoms with E-state index in [-0.39, 0.29) is 11.9 Å². The lowest BCUT2D eigenvalue weighted by atomic mass is 10.2. The van der Waals surface area contributed by atoms with E-state index in [1.54, 1.807) is 31.2 Å². The normalized spacial score (nSPS) is 11.6. The van der Waals surface area contributed by atoms with Crippen LogP contribution >= 0.6 is 11.6 Å². The van der Waals surface area contributed by atoms with Crippen LogP contribution in [0.5, 0.6) is 5.75 Å². The van der Waals surface area contributed by atoms with E-state index in [1.165, 1.54) is 0 Å². The number of nitrogens with one attached hydrogen (secondary N) is 1. The van der Waals surface area contributed by atoms with Gasteiger partial charge in [0.25, 0.3) is 0 Å². The molecule has 2 aromatic rings. The lowest BCUT2D eigenvalue weighted by molar-refractivity contribution is -0.118. The van der Waals surface area contributed by atoms with Crippen molar-refractivity contribution in [3.8, 4) is 5.75 Å². The van der Waals surface area contributed by atoms with E-state index < -0.39 is 0 Å². The van der Waals surface area contributed by atoms with E-state index in [0.29, 0.717) is 10.8 Å². The zero-order valence-electron chi connectivity index (χ0n) is 12.8. The van der Waals surface area contributed by atoms with E-state index in [0.717, 1.165) is 11.4 Å². The minimum Gasteiger partial charge on any atom is -0.495 e. The molecule has 116 valence electrons. The van der Waals surface area contributed by atoms with Crippen molar-refractivity contribution in [2.75, 3.05) is 24.4 Å². The van der Waals surface area contributed by atoms with Gasteiger partial charge in [0.05, 0.1) is 12.1 Å². The summed E-state index contributed by atoms with van der Waals surface area (Å²) in [7, 11) is 3.33. The molecule has 1 atom stereocenters. The van der Waals surface area contributed by atoms with Gasteiger partial charge in [-0.2, -0.15) is 0 Å². The number of likely N-dealkylation sites (N-methyl/N-ethyl adjacent to an activating group) is 1. The first-order valence-corrected chi connectivity index (χ1v) is 7.33. The molecule has 0 heterocycles. The molecule has 5 heteroatoms. The molecule has 0 aliphatic heterocycles. The molecule has 0 radical (unpaired) electrons. The average Bonchev–Trinajstić information content (AvgIpc) is 2.54. The third-order valence-electron chi connectivity index (χ3n) is 3.38. The summed E-state index contributed by atoms with van der Waals surface area (Å²) in [5, 5.41) is 3.66.